The van der Waals surface area contributed by atoms with Crippen molar-refractivity contribution in [2.45, 2.75) is 32.7 Å². The lowest BCUT2D eigenvalue weighted by molar-refractivity contribution is -0.146. The lowest BCUT2D eigenvalue weighted by Gasteiger charge is -2.22. The molecule has 0 radical (unpaired) electrons. The van der Waals surface area contributed by atoms with E-state index in [1.807, 2.05) is 13.8 Å². The highest BCUT2D eigenvalue weighted by Gasteiger charge is 2.32. The zero-order chi connectivity index (χ0) is 19.3. The van der Waals surface area contributed by atoms with Crippen LogP contribution >= 0.6 is 0 Å². The van der Waals surface area contributed by atoms with Gasteiger partial charge in [0.05, 0.1) is 16.9 Å². The highest BCUT2D eigenvalue weighted by Crippen LogP contribution is 2.18. The number of nitrogens with zero attached hydrogens (tertiary/aromatic N) is 1. The van der Waals surface area contributed by atoms with Crippen LogP contribution in [-0.2, 0) is 9.59 Å². The number of aliphatic carboxylic acids is 1. The average molecular weight is 361 g/mol. The molecule has 8 heteroatoms. The van der Waals surface area contributed by atoms with Crippen molar-refractivity contribution < 1.29 is 19.1 Å². The summed E-state index contributed by atoms with van der Waals surface area (Å²) in [5.74, 6) is -2.84. The molecule has 1 unspecified atom stereocenters. The first-order valence-corrected chi connectivity index (χ1v) is 8.46. The van der Waals surface area contributed by atoms with Crippen LogP contribution < -0.4 is 16.7 Å². The van der Waals surface area contributed by atoms with Crippen molar-refractivity contribution >= 4 is 28.7 Å². The molecule has 8 nitrogen and oxygen atoms in total. The van der Waals surface area contributed by atoms with Crippen LogP contribution in [0.3, 0.4) is 0 Å². The van der Waals surface area contributed by atoms with Crippen LogP contribution in [0.4, 0.5) is 6.01 Å². The monoisotopic (exact) mass is 361 g/mol. The normalized spacial score (nSPS) is 13.5. The number of carboxylic acid groups (broad SMARTS) is 1. The highest BCUT2D eigenvalue weighted by molar-refractivity contribution is 6.02. The van der Waals surface area contributed by atoms with E-state index in [-0.39, 0.29) is 24.9 Å². The van der Waals surface area contributed by atoms with Crippen LogP contribution in [0.15, 0.2) is 33.5 Å². The van der Waals surface area contributed by atoms with Gasteiger partial charge in [0.2, 0.25) is 0 Å². The molecule has 2 rings (SSSR count). The molecule has 0 spiro atoms. The van der Waals surface area contributed by atoms with Crippen LogP contribution in [0, 0.1) is 11.8 Å². The van der Waals surface area contributed by atoms with Crippen molar-refractivity contribution in [2.24, 2.45) is 17.6 Å². The minimum absolute atomic E-state index is 0.0412. The first-order chi connectivity index (χ1) is 12.3. The number of Topliss-reactive ketones (excluding diaryl/α,β-unsaturated/α-hetero) is 1. The summed E-state index contributed by atoms with van der Waals surface area (Å²) < 4.78 is 5.15. The van der Waals surface area contributed by atoms with Crippen molar-refractivity contribution in [1.82, 2.24) is 4.98 Å². The van der Waals surface area contributed by atoms with Gasteiger partial charge in [-0.15, -0.1) is 0 Å². The van der Waals surface area contributed by atoms with E-state index in [4.69, 9.17) is 10.2 Å². The van der Waals surface area contributed by atoms with Gasteiger partial charge < -0.3 is 20.6 Å². The van der Waals surface area contributed by atoms with Crippen LogP contribution in [0.1, 0.15) is 26.7 Å². The third-order valence-electron chi connectivity index (χ3n) is 3.98. The number of ketones is 1. The second kappa shape index (κ2) is 8.57. The molecule has 0 fully saturated rings. The minimum Gasteiger partial charge on any atom is -0.481 e. The summed E-state index contributed by atoms with van der Waals surface area (Å²) in [6.45, 7) is 3.90. The van der Waals surface area contributed by atoms with Crippen LogP contribution in [0.2, 0.25) is 0 Å². The number of nitrogens with one attached hydrogen (secondary N) is 1. The summed E-state index contributed by atoms with van der Waals surface area (Å²) in [4.78, 5) is 40.4. The Morgan fingerprint density at radius 2 is 2.00 bits per heavy atom. The molecular weight excluding hydrogens is 338 g/mol. The minimum atomic E-state index is -1.22. The van der Waals surface area contributed by atoms with Crippen molar-refractivity contribution in [3.05, 3.63) is 34.7 Å². The van der Waals surface area contributed by atoms with Gasteiger partial charge in [-0.05, 0) is 37.4 Å². The molecule has 1 heterocycles. The summed E-state index contributed by atoms with van der Waals surface area (Å²) in [6.07, 6.45) is 0.408. The summed E-state index contributed by atoms with van der Waals surface area (Å²) in [5.41, 5.74) is 5.28. The number of aromatic nitrogens is 1. The number of nitrogens with two attached hydrogens (primary N) is 1. The summed E-state index contributed by atoms with van der Waals surface area (Å²) in [7, 11) is 0. The van der Waals surface area contributed by atoms with Gasteiger partial charge in [-0.2, -0.15) is 4.98 Å². The Balaban J connectivity index is 2.34. The van der Waals surface area contributed by atoms with Crippen molar-refractivity contribution in [1.29, 1.82) is 0 Å². The van der Waals surface area contributed by atoms with Crippen LogP contribution in [0.25, 0.3) is 10.9 Å². The van der Waals surface area contributed by atoms with Crippen molar-refractivity contribution in [3.63, 3.8) is 0 Å². The van der Waals surface area contributed by atoms with E-state index < -0.39 is 29.3 Å². The highest BCUT2D eigenvalue weighted by atomic mass is 16.4. The molecule has 0 aliphatic rings. The van der Waals surface area contributed by atoms with Crippen LogP contribution in [-0.4, -0.2) is 34.4 Å². The molecule has 1 aromatic heterocycles. The van der Waals surface area contributed by atoms with Crippen molar-refractivity contribution in [2.75, 3.05) is 11.9 Å². The Morgan fingerprint density at radius 3 is 2.62 bits per heavy atom. The second-order valence-corrected chi connectivity index (χ2v) is 6.52. The van der Waals surface area contributed by atoms with Gasteiger partial charge in [-0.1, -0.05) is 26.0 Å². The number of hydrogen-bond donors (Lipinski definition) is 3. The summed E-state index contributed by atoms with van der Waals surface area (Å²) >= 11 is 0. The zero-order valence-corrected chi connectivity index (χ0v) is 14.8. The van der Waals surface area contributed by atoms with E-state index in [2.05, 4.69) is 10.3 Å². The maximum atomic E-state index is 12.7. The largest absolute Gasteiger partial charge is 0.481 e. The van der Waals surface area contributed by atoms with Gasteiger partial charge in [0.1, 0.15) is 5.92 Å². The molecule has 0 saturated carbocycles. The Kier molecular flexibility index (Phi) is 6.46. The molecule has 26 heavy (non-hydrogen) atoms. The third-order valence-corrected chi connectivity index (χ3v) is 3.98. The maximum Gasteiger partial charge on any atom is 0.348 e. The topological polar surface area (TPSA) is 136 Å². The molecule has 2 aromatic rings. The molecule has 0 amide bonds. The predicted molar refractivity (Wildman–Crippen MR) is 96.9 cm³/mol. The fraction of sp³-hybridized carbons (Fsp3) is 0.444. The Morgan fingerprint density at radius 1 is 1.31 bits per heavy atom. The second-order valence-electron chi connectivity index (χ2n) is 6.52. The number of hydrogen-bond acceptors (Lipinski definition) is 7. The van der Waals surface area contributed by atoms with Gasteiger partial charge in [0.15, 0.2) is 5.78 Å². The molecule has 0 aliphatic carbocycles. The zero-order valence-electron chi connectivity index (χ0n) is 14.8. The molecule has 0 aliphatic heterocycles. The lowest BCUT2D eigenvalue weighted by Crippen LogP contribution is -2.40. The lowest BCUT2D eigenvalue weighted by atomic mass is 9.90. The number of para-hydroxylation sites is 1. The summed E-state index contributed by atoms with van der Waals surface area (Å²) in [5, 5.41) is 12.5. The van der Waals surface area contributed by atoms with Gasteiger partial charge >= 0.3 is 11.6 Å². The predicted octanol–water partition coefficient (Wildman–Crippen LogP) is 1.63. The molecule has 0 bridgehead atoms. The molecule has 1 aromatic carbocycles. The number of rotatable bonds is 9. The Bertz CT molecular complexity index is 846. The number of carbonyl (C=O) groups excluding carboxylic acids is 1. The fourth-order valence-electron chi connectivity index (χ4n) is 2.74. The fourth-order valence-corrected chi connectivity index (χ4v) is 2.74. The summed E-state index contributed by atoms with van der Waals surface area (Å²) in [6, 6.07) is 5.73. The van der Waals surface area contributed by atoms with E-state index in [1.54, 1.807) is 24.3 Å². The molecule has 2 atom stereocenters. The molecule has 4 N–H and O–H groups in total. The van der Waals surface area contributed by atoms with Crippen molar-refractivity contribution in [3.8, 4) is 0 Å². The van der Waals surface area contributed by atoms with E-state index in [1.165, 1.54) is 0 Å². The average Bonchev–Trinajstić information content (AvgIpc) is 2.58. The Hall–Kier alpha value is -2.74. The third kappa shape index (κ3) is 4.66. The van der Waals surface area contributed by atoms with E-state index in [0.717, 1.165) is 0 Å². The van der Waals surface area contributed by atoms with Gasteiger partial charge in [0.25, 0.3) is 6.01 Å². The number of benzene rings is 1. The van der Waals surface area contributed by atoms with E-state index in [0.29, 0.717) is 17.3 Å². The van der Waals surface area contributed by atoms with Gasteiger partial charge in [-0.3, -0.25) is 9.59 Å². The first-order valence-electron chi connectivity index (χ1n) is 8.46. The SMILES string of the molecule is CC(C)C[C@H](Nc1nc2ccccc2c(=O)o1)C(=O)C(CCN)C(=O)O. The number of carbonyl (C=O) groups is 2. The number of fused-ring (bicyclic) bond motifs is 1. The maximum absolute atomic E-state index is 12.7. The van der Waals surface area contributed by atoms with E-state index in [9.17, 15) is 19.5 Å². The number of carboxylic acids is 1. The molecular formula is C18H23N3O5. The quantitative estimate of drug-likeness (QED) is 0.573. The smallest absolute Gasteiger partial charge is 0.348 e. The van der Waals surface area contributed by atoms with Crippen LogP contribution in [0.5, 0.6) is 0 Å². The Labute approximate surface area is 150 Å². The molecule has 0 saturated heterocycles. The molecule has 140 valence electrons. The van der Waals surface area contributed by atoms with E-state index >= 15 is 0 Å². The standard InChI is InChI=1S/C18H23N3O5/c1-10(2)9-14(15(22)12(7-8-19)16(23)24)21-18-20-13-6-4-3-5-11(13)17(25)26-18/h3-6,10,12,14H,7-9,19H2,1-2H3,(H,20,21)(H,23,24)/t12?,14-/m0/s1. The van der Waals surface area contributed by atoms with Gasteiger partial charge in [0, 0.05) is 0 Å². The first kappa shape index (κ1) is 19.6. The number of anilines is 1. The van der Waals surface area contributed by atoms with Gasteiger partial charge in [-0.25, -0.2) is 4.79 Å².